The molecule has 0 bridgehead atoms. The molecule has 9 heteroatoms. The highest BCUT2D eigenvalue weighted by atomic mass is 35.5. The molecule has 1 fully saturated rings. The number of thioether (sulfide) groups is 1. The number of alkyl halides is 1. The van der Waals surface area contributed by atoms with Gasteiger partial charge in [-0.2, -0.15) is 16.1 Å². The molecule has 1 rings (SSSR count). The molecule has 0 amide bonds. The SMILES string of the molecule is CS(=O)(=O)C1CSCCN1S(=O)(=O)CCCCCl. The van der Waals surface area contributed by atoms with E-state index in [0.717, 1.165) is 10.6 Å². The number of hydrogen-bond donors (Lipinski definition) is 0. The van der Waals surface area contributed by atoms with Gasteiger partial charge in [0.15, 0.2) is 9.84 Å². The van der Waals surface area contributed by atoms with Gasteiger partial charge < -0.3 is 0 Å². The quantitative estimate of drug-likeness (QED) is 0.529. The van der Waals surface area contributed by atoms with Gasteiger partial charge in [0.1, 0.15) is 5.37 Å². The second kappa shape index (κ2) is 6.78. The van der Waals surface area contributed by atoms with Crippen molar-refractivity contribution in [2.45, 2.75) is 18.2 Å². The zero-order valence-corrected chi connectivity index (χ0v) is 13.4. The third-order valence-electron chi connectivity index (χ3n) is 2.68. The Labute approximate surface area is 118 Å². The van der Waals surface area contributed by atoms with Crippen LogP contribution in [-0.2, 0) is 19.9 Å². The van der Waals surface area contributed by atoms with Crippen LogP contribution < -0.4 is 0 Å². The van der Waals surface area contributed by atoms with Gasteiger partial charge >= 0.3 is 0 Å². The van der Waals surface area contributed by atoms with Gasteiger partial charge in [-0.15, -0.1) is 11.6 Å². The lowest BCUT2D eigenvalue weighted by atomic mass is 10.4. The summed E-state index contributed by atoms with van der Waals surface area (Å²) in [5, 5.41) is -0.919. The first-order chi connectivity index (χ1) is 8.29. The second-order valence-corrected chi connectivity index (χ2v) is 9.95. The summed E-state index contributed by atoms with van der Waals surface area (Å²) in [6.07, 6.45) is 2.17. The van der Waals surface area contributed by atoms with Gasteiger partial charge in [0, 0.05) is 30.2 Å². The fourth-order valence-corrected chi connectivity index (χ4v) is 7.27. The van der Waals surface area contributed by atoms with Crippen LogP contribution in [0, 0.1) is 0 Å². The van der Waals surface area contributed by atoms with Crippen LogP contribution in [0.4, 0.5) is 0 Å². The van der Waals surface area contributed by atoms with Crippen molar-refractivity contribution in [2.75, 3.05) is 35.9 Å². The summed E-state index contributed by atoms with van der Waals surface area (Å²) in [6, 6.07) is 0. The second-order valence-electron chi connectivity index (χ2n) is 4.18. The van der Waals surface area contributed by atoms with Crippen LogP contribution in [0.5, 0.6) is 0 Å². The maximum atomic E-state index is 12.1. The van der Waals surface area contributed by atoms with Gasteiger partial charge in [-0.25, -0.2) is 16.8 Å². The van der Waals surface area contributed by atoms with Crippen molar-refractivity contribution in [3.63, 3.8) is 0 Å². The number of sulfonamides is 1. The third-order valence-corrected chi connectivity index (χ3v) is 7.68. The number of hydrogen-bond acceptors (Lipinski definition) is 5. The first-order valence-electron chi connectivity index (χ1n) is 5.61. The van der Waals surface area contributed by atoms with Gasteiger partial charge in [-0.1, -0.05) is 0 Å². The van der Waals surface area contributed by atoms with Crippen molar-refractivity contribution >= 4 is 43.2 Å². The molecule has 18 heavy (non-hydrogen) atoms. The average molecular weight is 336 g/mol. The Morgan fingerprint density at radius 1 is 1.28 bits per heavy atom. The maximum Gasteiger partial charge on any atom is 0.215 e. The number of unbranched alkanes of at least 4 members (excludes halogenated alkanes) is 1. The summed E-state index contributed by atoms with van der Waals surface area (Å²) >= 11 is 6.98. The zero-order valence-electron chi connectivity index (χ0n) is 10.2. The van der Waals surface area contributed by atoms with Crippen molar-refractivity contribution < 1.29 is 16.8 Å². The molecule has 0 saturated carbocycles. The van der Waals surface area contributed by atoms with E-state index < -0.39 is 25.2 Å². The molecule has 1 unspecified atom stereocenters. The Morgan fingerprint density at radius 2 is 1.94 bits per heavy atom. The molecule has 1 aliphatic rings. The molecule has 108 valence electrons. The van der Waals surface area contributed by atoms with Gasteiger partial charge in [0.25, 0.3) is 0 Å². The van der Waals surface area contributed by atoms with E-state index in [4.69, 9.17) is 11.6 Å². The van der Waals surface area contributed by atoms with Crippen LogP contribution in [0.25, 0.3) is 0 Å². The summed E-state index contributed by atoms with van der Waals surface area (Å²) in [7, 11) is -6.89. The lowest BCUT2D eigenvalue weighted by molar-refractivity contribution is 0.404. The van der Waals surface area contributed by atoms with Crippen molar-refractivity contribution in [3.8, 4) is 0 Å². The Kier molecular flexibility index (Phi) is 6.24. The highest BCUT2D eigenvalue weighted by Gasteiger charge is 2.37. The molecule has 0 aromatic carbocycles. The fraction of sp³-hybridized carbons (Fsp3) is 1.00. The van der Waals surface area contributed by atoms with E-state index in [2.05, 4.69) is 0 Å². The van der Waals surface area contributed by atoms with Crippen LogP contribution in [-0.4, -0.2) is 62.5 Å². The Balaban J connectivity index is 2.83. The highest BCUT2D eigenvalue weighted by molar-refractivity contribution is 8.01. The topological polar surface area (TPSA) is 71.5 Å². The van der Waals surface area contributed by atoms with Crippen molar-refractivity contribution in [1.29, 1.82) is 0 Å². The number of halogens is 1. The molecular formula is C9H18ClNO4S3. The minimum absolute atomic E-state index is 0.0313. The van der Waals surface area contributed by atoms with Crippen LogP contribution >= 0.6 is 23.4 Å². The van der Waals surface area contributed by atoms with Gasteiger partial charge in [0.2, 0.25) is 10.0 Å². The molecular weight excluding hydrogens is 318 g/mol. The van der Waals surface area contributed by atoms with Gasteiger partial charge in [-0.05, 0) is 12.8 Å². The molecule has 0 aromatic rings. The molecule has 0 radical (unpaired) electrons. The third kappa shape index (κ3) is 4.56. The van der Waals surface area contributed by atoms with E-state index in [-0.39, 0.29) is 12.3 Å². The largest absolute Gasteiger partial charge is 0.227 e. The van der Waals surface area contributed by atoms with Crippen molar-refractivity contribution in [1.82, 2.24) is 4.31 Å². The van der Waals surface area contributed by atoms with Crippen molar-refractivity contribution in [3.05, 3.63) is 0 Å². The fourth-order valence-electron chi connectivity index (χ4n) is 1.72. The maximum absolute atomic E-state index is 12.1. The summed E-state index contributed by atoms with van der Waals surface area (Å²) in [4.78, 5) is 0. The van der Waals surface area contributed by atoms with E-state index in [1.807, 2.05) is 0 Å². The van der Waals surface area contributed by atoms with Crippen molar-refractivity contribution in [2.24, 2.45) is 0 Å². The minimum Gasteiger partial charge on any atom is -0.227 e. The van der Waals surface area contributed by atoms with Crippen LogP contribution in [0.2, 0.25) is 0 Å². The summed E-state index contributed by atoms with van der Waals surface area (Å²) in [6.45, 7) is 0.269. The lowest BCUT2D eigenvalue weighted by Crippen LogP contribution is -2.50. The Bertz CT molecular complexity index is 462. The lowest BCUT2D eigenvalue weighted by Gasteiger charge is -2.32. The number of nitrogens with zero attached hydrogens (tertiary/aromatic N) is 1. The van der Waals surface area contributed by atoms with Crippen LogP contribution in [0.3, 0.4) is 0 Å². The van der Waals surface area contributed by atoms with E-state index >= 15 is 0 Å². The first-order valence-corrected chi connectivity index (χ1v) is 10.9. The normalized spacial score (nSPS) is 23.1. The smallest absolute Gasteiger partial charge is 0.215 e. The van der Waals surface area contributed by atoms with Gasteiger partial charge in [0.05, 0.1) is 5.75 Å². The molecule has 1 atom stereocenters. The Morgan fingerprint density at radius 3 is 2.50 bits per heavy atom. The van der Waals surface area contributed by atoms with Crippen LogP contribution in [0.1, 0.15) is 12.8 Å². The molecule has 5 nitrogen and oxygen atoms in total. The molecule has 0 aromatic heterocycles. The van der Waals surface area contributed by atoms with E-state index in [0.29, 0.717) is 30.2 Å². The highest BCUT2D eigenvalue weighted by Crippen LogP contribution is 2.23. The van der Waals surface area contributed by atoms with E-state index in [9.17, 15) is 16.8 Å². The molecule has 0 N–H and O–H groups in total. The number of rotatable bonds is 6. The summed E-state index contributed by atoms with van der Waals surface area (Å²) in [5.41, 5.74) is 0. The molecule has 1 heterocycles. The predicted octanol–water partition coefficient (Wildman–Crippen LogP) is 0.755. The number of sulfone groups is 1. The average Bonchev–Trinajstić information content (AvgIpc) is 2.28. The van der Waals surface area contributed by atoms with E-state index in [1.54, 1.807) is 0 Å². The molecule has 1 aliphatic heterocycles. The Hall–Kier alpha value is 0.500. The van der Waals surface area contributed by atoms with E-state index in [1.165, 1.54) is 11.8 Å². The standard InChI is InChI=1S/C9H18ClNO4S3/c1-17(12,13)9-8-16-6-5-11(9)18(14,15)7-3-2-4-10/h9H,2-8H2,1H3. The molecule has 0 aliphatic carbocycles. The molecule has 1 saturated heterocycles. The van der Waals surface area contributed by atoms with Crippen LogP contribution in [0.15, 0.2) is 0 Å². The minimum atomic E-state index is -3.51. The monoisotopic (exact) mass is 335 g/mol. The summed E-state index contributed by atoms with van der Waals surface area (Å²) < 4.78 is 48.7. The first kappa shape index (κ1) is 16.6. The predicted molar refractivity (Wildman–Crippen MR) is 76.4 cm³/mol. The zero-order chi connectivity index (χ0) is 13.8. The summed E-state index contributed by atoms with van der Waals surface area (Å²) in [5.74, 6) is 1.34. The molecule has 0 spiro atoms. The van der Waals surface area contributed by atoms with Gasteiger partial charge in [-0.3, -0.25) is 0 Å².